The Bertz CT molecular complexity index is 89.6. The third kappa shape index (κ3) is 9.63. The fourth-order valence-corrected chi connectivity index (χ4v) is 0.851. The Kier molecular flexibility index (Phi) is 9.31. The van der Waals surface area contributed by atoms with Gasteiger partial charge in [-0.3, -0.25) is 4.99 Å². The van der Waals surface area contributed by atoms with E-state index >= 15 is 0 Å². The molecular weight excluding hydrogens is 136 g/mol. The van der Waals surface area contributed by atoms with E-state index in [1.54, 1.807) is 0 Å². The molecule has 0 rings (SSSR count). The second kappa shape index (κ2) is 9.63. The molecule has 0 unspecified atom stereocenters. The van der Waals surface area contributed by atoms with Gasteiger partial charge in [-0.2, -0.15) is 0 Å². The van der Waals surface area contributed by atoms with Crippen molar-refractivity contribution in [2.45, 2.75) is 39.0 Å². The predicted molar refractivity (Wildman–Crippen MR) is 51.2 cm³/mol. The van der Waals surface area contributed by atoms with Crippen LogP contribution in [-0.2, 0) is 0 Å². The lowest BCUT2D eigenvalue weighted by Crippen LogP contribution is -1.99. The SMILES string of the molecule is CCCCCC=NCCCN. The molecule has 0 saturated heterocycles. The number of hydrogen-bond acceptors (Lipinski definition) is 2. The summed E-state index contributed by atoms with van der Waals surface area (Å²) in [6.45, 7) is 3.88. The third-order valence-corrected chi connectivity index (χ3v) is 1.56. The van der Waals surface area contributed by atoms with Crippen molar-refractivity contribution < 1.29 is 0 Å². The molecule has 66 valence electrons. The largest absolute Gasteiger partial charge is 0.330 e. The molecule has 2 N–H and O–H groups in total. The molecule has 11 heavy (non-hydrogen) atoms. The lowest BCUT2D eigenvalue weighted by Gasteiger charge is -1.91. The van der Waals surface area contributed by atoms with Crippen LogP contribution in [0.4, 0.5) is 0 Å². The van der Waals surface area contributed by atoms with Crippen LogP contribution in [0.1, 0.15) is 39.0 Å². The fourth-order valence-electron chi connectivity index (χ4n) is 0.851. The molecule has 0 amide bonds. The Morgan fingerprint density at radius 2 is 2.09 bits per heavy atom. The summed E-state index contributed by atoms with van der Waals surface area (Å²) in [5.74, 6) is 0. The monoisotopic (exact) mass is 156 g/mol. The highest BCUT2D eigenvalue weighted by Crippen LogP contribution is 1.95. The summed E-state index contributed by atoms with van der Waals surface area (Å²) >= 11 is 0. The number of nitrogens with two attached hydrogens (primary N) is 1. The highest BCUT2D eigenvalue weighted by molar-refractivity contribution is 5.56. The summed E-state index contributed by atoms with van der Waals surface area (Å²) in [5.41, 5.74) is 5.32. The van der Waals surface area contributed by atoms with Gasteiger partial charge in [0.25, 0.3) is 0 Å². The van der Waals surface area contributed by atoms with E-state index in [1.165, 1.54) is 19.3 Å². The molecule has 0 aromatic rings. The zero-order valence-corrected chi connectivity index (χ0v) is 7.55. The lowest BCUT2D eigenvalue weighted by atomic mass is 10.2. The van der Waals surface area contributed by atoms with Crippen molar-refractivity contribution in [1.29, 1.82) is 0 Å². The summed E-state index contributed by atoms with van der Waals surface area (Å²) in [6.07, 6.45) is 8.08. The van der Waals surface area contributed by atoms with Crippen LogP contribution in [0.15, 0.2) is 4.99 Å². The topological polar surface area (TPSA) is 38.4 Å². The molecule has 0 aliphatic heterocycles. The Morgan fingerprint density at radius 1 is 1.27 bits per heavy atom. The molecule has 0 heterocycles. The van der Waals surface area contributed by atoms with Crippen LogP contribution in [0.25, 0.3) is 0 Å². The van der Waals surface area contributed by atoms with Gasteiger partial charge >= 0.3 is 0 Å². The number of rotatable bonds is 7. The van der Waals surface area contributed by atoms with Gasteiger partial charge in [-0.25, -0.2) is 0 Å². The van der Waals surface area contributed by atoms with Crippen molar-refractivity contribution in [3.05, 3.63) is 0 Å². The summed E-state index contributed by atoms with van der Waals surface area (Å²) in [7, 11) is 0. The number of aliphatic imine (C=N–C) groups is 1. The van der Waals surface area contributed by atoms with Gasteiger partial charge in [0.15, 0.2) is 0 Å². The van der Waals surface area contributed by atoms with Gasteiger partial charge in [-0.15, -0.1) is 0 Å². The highest BCUT2D eigenvalue weighted by atomic mass is 14.7. The highest BCUT2D eigenvalue weighted by Gasteiger charge is 1.82. The summed E-state index contributed by atoms with van der Waals surface area (Å²) in [6, 6.07) is 0. The average Bonchev–Trinajstić information content (AvgIpc) is 2.03. The summed E-state index contributed by atoms with van der Waals surface area (Å²) < 4.78 is 0. The molecule has 0 aliphatic rings. The minimum atomic E-state index is 0.756. The van der Waals surface area contributed by atoms with E-state index in [0.717, 1.165) is 25.9 Å². The van der Waals surface area contributed by atoms with E-state index in [0.29, 0.717) is 0 Å². The van der Waals surface area contributed by atoms with Gasteiger partial charge < -0.3 is 5.73 Å². The van der Waals surface area contributed by atoms with E-state index < -0.39 is 0 Å². The van der Waals surface area contributed by atoms with Gasteiger partial charge in [0.05, 0.1) is 0 Å². The zero-order valence-electron chi connectivity index (χ0n) is 7.55. The third-order valence-electron chi connectivity index (χ3n) is 1.56. The first kappa shape index (κ1) is 10.6. The molecule has 0 aliphatic carbocycles. The normalized spacial score (nSPS) is 11.1. The standard InChI is InChI=1S/C9H20N2/c1-2-3-4-5-8-11-9-6-7-10/h8H,2-7,9-10H2,1H3. The van der Waals surface area contributed by atoms with Crippen LogP contribution in [0.2, 0.25) is 0 Å². The van der Waals surface area contributed by atoms with Crippen molar-refractivity contribution in [3.8, 4) is 0 Å². The Morgan fingerprint density at radius 3 is 2.73 bits per heavy atom. The van der Waals surface area contributed by atoms with Crippen LogP contribution in [-0.4, -0.2) is 19.3 Å². The predicted octanol–water partition coefficient (Wildman–Crippen LogP) is 1.99. The Balaban J connectivity index is 2.91. The molecule has 0 aromatic carbocycles. The first-order valence-electron chi connectivity index (χ1n) is 4.60. The van der Waals surface area contributed by atoms with E-state index in [1.807, 2.05) is 6.21 Å². The molecule has 2 nitrogen and oxygen atoms in total. The minimum absolute atomic E-state index is 0.756. The van der Waals surface area contributed by atoms with Gasteiger partial charge in [0, 0.05) is 6.54 Å². The molecule has 0 bridgehead atoms. The molecular formula is C9H20N2. The van der Waals surface area contributed by atoms with E-state index in [-0.39, 0.29) is 0 Å². The molecule has 0 aromatic heterocycles. The van der Waals surface area contributed by atoms with Crippen molar-refractivity contribution in [1.82, 2.24) is 0 Å². The van der Waals surface area contributed by atoms with Crippen LogP contribution in [0, 0.1) is 0 Å². The molecule has 2 heteroatoms. The summed E-state index contributed by atoms with van der Waals surface area (Å²) in [4.78, 5) is 4.23. The van der Waals surface area contributed by atoms with Crippen molar-refractivity contribution in [2.75, 3.05) is 13.1 Å². The van der Waals surface area contributed by atoms with Gasteiger partial charge in [-0.05, 0) is 32.0 Å². The fraction of sp³-hybridized carbons (Fsp3) is 0.889. The minimum Gasteiger partial charge on any atom is -0.330 e. The zero-order chi connectivity index (χ0) is 8.36. The number of nitrogens with zero attached hydrogens (tertiary/aromatic N) is 1. The molecule has 0 spiro atoms. The molecule has 0 radical (unpaired) electrons. The van der Waals surface area contributed by atoms with E-state index in [9.17, 15) is 0 Å². The van der Waals surface area contributed by atoms with Crippen molar-refractivity contribution in [2.24, 2.45) is 10.7 Å². The maximum Gasteiger partial charge on any atom is 0.0397 e. The van der Waals surface area contributed by atoms with Crippen molar-refractivity contribution in [3.63, 3.8) is 0 Å². The first-order valence-corrected chi connectivity index (χ1v) is 4.60. The second-order valence-corrected chi connectivity index (χ2v) is 2.73. The first-order chi connectivity index (χ1) is 5.41. The average molecular weight is 156 g/mol. The maximum atomic E-state index is 5.32. The Hall–Kier alpha value is -0.370. The number of hydrogen-bond donors (Lipinski definition) is 1. The summed E-state index contributed by atoms with van der Waals surface area (Å²) in [5, 5.41) is 0. The lowest BCUT2D eigenvalue weighted by molar-refractivity contribution is 0.743. The van der Waals surface area contributed by atoms with E-state index in [2.05, 4.69) is 11.9 Å². The quantitative estimate of drug-likeness (QED) is 0.444. The van der Waals surface area contributed by atoms with Crippen LogP contribution >= 0.6 is 0 Å². The van der Waals surface area contributed by atoms with Crippen molar-refractivity contribution >= 4 is 6.21 Å². The second-order valence-electron chi connectivity index (χ2n) is 2.73. The maximum absolute atomic E-state index is 5.32. The van der Waals surface area contributed by atoms with Crippen LogP contribution in [0.5, 0.6) is 0 Å². The van der Waals surface area contributed by atoms with Gasteiger partial charge in [0.1, 0.15) is 0 Å². The molecule has 0 saturated carbocycles. The van der Waals surface area contributed by atoms with Gasteiger partial charge in [-0.1, -0.05) is 19.8 Å². The molecule has 0 atom stereocenters. The van der Waals surface area contributed by atoms with Crippen LogP contribution < -0.4 is 5.73 Å². The van der Waals surface area contributed by atoms with E-state index in [4.69, 9.17) is 5.73 Å². The Labute approximate surface area is 69.9 Å². The number of unbranched alkanes of at least 4 members (excludes halogenated alkanes) is 3. The van der Waals surface area contributed by atoms with Gasteiger partial charge in [0.2, 0.25) is 0 Å². The smallest absolute Gasteiger partial charge is 0.0397 e. The van der Waals surface area contributed by atoms with Crippen LogP contribution in [0.3, 0.4) is 0 Å². The molecule has 0 fully saturated rings.